The van der Waals surface area contributed by atoms with Crippen molar-refractivity contribution < 1.29 is 14.7 Å². The molecule has 1 heterocycles. The standard InChI is InChI=1S/C13H20N4O3/c1-13(2)4-3-9(5-13)15-12(20)16-10-6-14-17(7-10)8-11(18)19/h6-7,9H,3-5,8H2,1-2H3,(H,18,19)(H2,15,16,20). The summed E-state index contributed by atoms with van der Waals surface area (Å²) in [6.07, 6.45) is 5.99. The first-order valence-corrected chi connectivity index (χ1v) is 6.66. The van der Waals surface area contributed by atoms with Gasteiger partial charge < -0.3 is 15.7 Å². The molecule has 1 aliphatic rings. The highest BCUT2D eigenvalue weighted by Crippen LogP contribution is 2.36. The van der Waals surface area contributed by atoms with Gasteiger partial charge in [-0.1, -0.05) is 13.8 Å². The molecule has 2 amide bonds. The summed E-state index contributed by atoms with van der Waals surface area (Å²) in [6.45, 7) is 4.17. The van der Waals surface area contributed by atoms with Gasteiger partial charge in [0.15, 0.2) is 0 Å². The lowest BCUT2D eigenvalue weighted by atomic mass is 9.92. The van der Waals surface area contributed by atoms with Crippen LogP contribution >= 0.6 is 0 Å². The number of carbonyl (C=O) groups excluding carboxylic acids is 1. The second-order valence-corrected chi connectivity index (χ2v) is 6.02. The molecule has 1 unspecified atom stereocenters. The Kier molecular flexibility index (Phi) is 3.96. The summed E-state index contributed by atoms with van der Waals surface area (Å²) in [5.41, 5.74) is 0.769. The van der Waals surface area contributed by atoms with Gasteiger partial charge in [-0.25, -0.2) is 4.79 Å². The Morgan fingerprint density at radius 2 is 2.30 bits per heavy atom. The highest BCUT2D eigenvalue weighted by atomic mass is 16.4. The minimum absolute atomic E-state index is 0.194. The van der Waals surface area contributed by atoms with E-state index in [2.05, 4.69) is 29.6 Å². The third kappa shape index (κ3) is 3.97. The fraction of sp³-hybridized carbons (Fsp3) is 0.615. The molecule has 2 rings (SSSR count). The van der Waals surface area contributed by atoms with E-state index in [0.29, 0.717) is 5.69 Å². The monoisotopic (exact) mass is 280 g/mol. The number of rotatable bonds is 4. The maximum Gasteiger partial charge on any atom is 0.325 e. The van der Waals surface area contributed by atoms with E-state index in [0.717, 1.165) is 19.3 Å². The zero-order chi connectivity index (χ0) is 14.8. The van der Waals surface area contributed by atoms with Gasteiger partial charge in [-0.15, -0.1) is 0 Å². The van der Waals surface area contributed by atoms with Crippen LogP contribution in [0.4, 0.5) is 10.5 Å². The highest BCUT2D eigenvalue weighted by molar-refractivity contribution is 5.89. The van der Waals surface area contributed by atoms with E-state index in [1.165, 1.54) is 17.1 Å². The lowest BCUT2D eigenvalue weighted by Gasteiger charge is -2.17. The number of aliphatic carboxylic acids is 1. The van der Waals surface area contributed by atoms with Crippen molar-refractivity contribution in [2.75, 3.05) is 5.32 Å². The average Bonchev–Trinajstić information content (AvgIpc) is 2.85. The molecule has 1 aliphatic carbocycles. The smallest absolute Gasteiger partial charge is 0.325 e. The second kappa shape index (κ2) is 5.52. The molecule has 0 saturated heterocycles. The highest BCUT2D eigenvalue weighted by Gasteiger charge is 2.31. The van der Waals surface area contributed by atoms with Crippen LogP contribution in [0.5, 0.6) is 0 Å². The van der Waals surface area contributed by atoms with Crippen molar-refractivity contribution >= 4 is 17.7 Å². The maximum absolute atomic E-state index is 11.8. The zero-order valence-electron chi connectivity index (χ0n) is 11.7. The molecule has 1 atom stereocenters. The molecule has 0 aliphatic heterocycles. The molecule has 1 aromatic rings. The van der Waals surface area contributed by atoms with Gasteiger partial charge in [0.1, 0.15) is 6.54 Å². The summed E-state index contributed by atoms with van der Waals surface area (Å²) in [5.74, 6) is -0.975. The van der Waals surface area contributed by atoms with Crippen molar-refractivity contribution in [3.8, 4) is 0 Å². The summed E-state index contributed by atoms with van der Waals surface area (Å²) in [5, 5.41) is 18.1. The normalized spacial score (nSPS) is 20.6. The van der Waals surface area contributed by atoms with Crippen molar-refractivity contribution in [3.63, 3.8) is 0 Å². The first-order valence-electron chi connectivity index (χ1n) is 6.66. The van der Waals surface area contributed by atoms with E-state index in [1.807, 2.05) is 0 Å². The van der Waals surface area contributed by atoms with Gasteiger partial charge in [0, 0.05) is 12.2 Å². The quantitative estimate of drug-likeness (QED) is 0.781. The number of nitrogens with zero attached hydrogens (tertiary/aromatic N) is 2. The maximum atomic E-state index is 11.8. The third-order valence-electron chi connectivity index (χ3n) is 3.49. The van der Waals surface area contributed by atoms with Crippen LogP contribution < -0.4 is 10.6 Å². The van der Waals surface area contributed by atoms with Crippen molar-refractivity contribution in [3.05, 3.63) is 12.4 Å². The van der Waals surface area contributed by atoms with Crippen LogP contribution in [0.25, 0.3) is 0 Å². The number of amides is 2. The molecule has 1 aromatic heterocycles. The molecular weight excluding hydrogens is 260 g/mol. The number of urea groups is 1. The molecular formula is C13H20N4O3. The molecule has 7 heteroatoms. The van der Waals surface area contributed by atoms with Gasteiger partial charge in [-0.05, 0) is 24.7 Å². The molecule has 1 saturated carbocycles. The van der Waals surface area contributed by atoms with Crippen molar-refractivity contribution in [1.29, 1.82) is 0 Å². The largest absolute Gasteiger partial charge is 0.480 e. The molecule has 0 spiro atoms. The Bertz CT molecular complexity index is 509. The van der Waals surface area contributed by atoms with E-state index < -0.39 is 5.97 Å². The van der Waals surface area contributed by atoms with Gasteiger partial charge in [0.2, 0.25) is 0 Å². The predicted octanol–water partition coefficient (Wildman–Crippen LogP) is 1.67. The minimum atomic E-state index is -0.975. The fourth-order valence-corrected chi connectivity index (χ4v) is 2.57. The summed E-state index contributed by atoms with van der Waals surface area (Å²) >= 11 is 0. The van der Waals surface area contributed by atoms with Crippen molar-refractivity contribution in [2.45, 2.75) is 45.7 Å². The van der Waals surface area contributed by atoms with Crippen LogP contribution in [0, 0.1) is 5.41 Å². The number of hydrogen-bond donors (Lipinski definition) is 3. The van der Waals surface area contributed by atoms with Crippen molar-refractivity contribution in [1.82, 2.24) is 15.1 Å². The summed E-state index contributed by atoms with van der Waals surface area (Å²) < 4.78 is 1.26. The van der Waals surface area contributed by atoms with Gasteiger partial charge in [0.05, 0.1) is 11.9 Å². The number of hydrogen-bond acceptors (Lipinski definition) is 3. The Labute approximate surface area is 117 Å². The van der Waals surface area contributed by atoms with Crippen LogP contribution in [-0.2, 0) is 11.3 Å². The first kappa shape index (κ1) is 14.4. The Hall–Kier alpha value is -2.05. The molecule has 20 heavy (non-hydrogen) atoms. The second-order valence-electron chi connectivity index (χ2n) is 6.02. The number of carbonyl (C=O) groups is 2. The number of aromatic nitrogens is 2. The summed E-state index contributed by atoms with van der Waals surface area (Å²) in [4.78, 5) is 22.4. The SMILES string of the molecule is CC1(C)CCC(NC(=O)Nc2cnn(CC(=O)O)c2)C1. The van der Waals surface area contributed by atoms with Gasteiger partial charge >= 0.3 is 12.0 Å². The van der Waals surface area contributed by atoms with E-state index in [4.69, 9.17) is 5.11 Å². The number of anilines is 1. The number of nitrogens with one attached hydrogen (secondary N) is 2. The van der Waals surface area contributed by atoms with Gasteiger partial charge in [0.25, 0.3) is 0 Å². The van der Waals surface area contributed by atoms with Crippen LogP contribution in [0.15, 0.2) is 12.4 Å². The first-order chi connectivity index (χ1) is 9.34. The molecule has 0 aromatic carbocycles. The van der Waals surface area contributed by atoms with E-state index >= 15 is 0 Å². The predicted molar refractivity (Wildman–Crippen MR) is 73.4 cm³/mol. The van der Waals surface area contributed by atoms with Crippen LogP contribution in [-0.4, -0.2) is 32.9 Å². The molecule has 1 fully saturated rings. The molecule has 110 valence electrons. The lowest BCUT2D eigenvalue weighted by molar-refractivity contribution is -0.137. The molecule has 3 N–H and O–H groups in total. The topological polar surface area (TPSA) is 96.3 Å². The Morgan fingerprint density at radius 1 is 1.55 bits per heavy atom. The van der Waals surface area contributed by atoms with E-state index in [-0.39, 0.29) is 24.0 Å². The Morgan fingerprint density at radius 3 is 2.90 bits per heavy atom. The van der Waals surface area contributed by atoms with Gasteiger partial charge in [-0.3, -0.25) is 9.48 Å². The molecule has 0 radical (unpaired) electrons. The van der Waals surface area contributed by atoms with Crippen LogP contribution in [0.3, 0.4) is 0 Å². The Balaban J connectivity index is 1.82. The minimum Gasteiger partial charge on any atom is -0.480 e. The summed E-state index contributed by atoms with van der Waals surface area (Å²) in [7, 11) is 0. The molecule has 7 nitrogen and oxygen atoms in total. The van der Waals surface area contributed by atoms with Crippen LogP contribution in [0.1, 0.15) is 33.1 Å². The van der Waals surface area contributed by atoms with Gasteiger partial charge in [-0.2, -0.15) is 5.10 Å². The number of carboxylic acids is 1. The molecule has 0 bridgehead atoms. The third-order valence-corrected chi connectivity index (χ3v) is 3.49. The zero-order valence-corrected chi connectivity index (χ0v) is 11.7. The van der Waals surface area contributed by atoms with Crippen molar-refractivity contribution in [2.24, 2.45) is 5.41 Å². The summed E-state index contributed by atoms with van der Waals surface area (Å²) in [6, 6.07) is -0.0818. The fourth-order valence-electron chi connectivity index (χ4n) is 2.57. The lowest BCUT2D eigenvalue weighted by Crippen LogP contribution is -2.36. The number of carboxylic acid groups (broad SMARTS) is 1. The average molecular weight is 280 g/mol. The van der Waals surface area contributed by atoms with E-state index in [1.54, 1.807) is 0 Å². The van der Waals surface area contributed by atoms with Crippen LogP contribution in [0.2, 0.25) is 0 Å². The van der Waals surface area contributed by atoms with E-state index in [9.17, 15) is 9.59 Å².